The van der Waals surface area contributed by atoms with Crippen LogP contribution in [0.15, 0.2) is 11.5 Å². The summed E-state index contributed by atoms with van der Waals surface area (Å²) in [6.07, 6.45) is 8.59. The van der Waals surface area contributed by atoms with Gasteiger partial charge in [-0.05, 0) is 13.3 Å². The van der Waals surface area contributed by atoms with Gasteiger partial charge in [0.05, 0.1) is 12.3 Å². The molecular formula is C13H20N4O3S. The van der Waals surface area contributed by atoms with Gasteiger partial charge >= 0.3 is 6.03 Å². The number of sulfone groups is 1. The zero-order valence-electron chi connectivity index (χ0n) is 12.3. The van der Waals surface area contributed by atoms with Gasteiger partial charge in [0.2, 0.25) is 9.84 Å². The molecule has 1 amide bonds. The fraction of sp³-hybridized carbons (Fsp3) is 0.615. The molecule has 0 fully saturated rings. The Hall–Kier alpha value is -1.88. The molecule has 1 rings (SSSR count). The van der Waals surface area contributed by atoms with Crippen LogP contribution in [0.2, 0.25) is 0 Å². The second-order valence-corrected chi connectivity index (χ2v) is 6.50. The van der Waals surface area contributed by atoms with E-state index in [9.17, 15) is 13.2 Å². The first-order valence-electron chi connectivity index (χ1n) is 6.83. The smallest absolute Gasteiger partial charge is 0.312 e. The predicted octanol–water partition coefficient (Wildman–Crippen LogP) is 1.17. The second-order valence-electron chi connectivity index (χ2n) is 4.50. The van der Waals surface area contributed by atoms with Crippen LogP contribution in [-0.2, 0) is 9.84 Å². The maximum absolute atomic E-state index is 12.1. The third kappa shape index (κ3) is 4.56. The lowest BCUT2D eigenvalue weighted by Crippen LogP contribution is -2.35. The van der Waals surface area contributed by atoms with Gasteiger partial charge in [0.15, 0.2) is 0 Å². The summed E-state index contributed by atoms with van der Waals surface area (Å²) in [5.41, 5.74) is 0. The number of terminal acetylenes is 1. The molecule has 0 aliphatic heterocycles. The highest BCUT2D eigenvalue weighted by atomic mass is 32.2. The van der Waals surface area contributed by atoms with Gasteiger partial charge in [-0.3, -0.25) is 0 Å². The number of amides is 1. The van der Waals surface area contributed by atoms with Crippen molar-refractivity contribution in [2.75, 3.05) is 18.8 Å². The van der Waals surface area contributed by atoms with Crippen LogP contribution in [0, 0.1) is 12.3 Å². The highest BCUT2D eigenvalue weighted by Crippen LogP contribution is 2.08. The minimum absolute atomic E-state index is 0.0130. The van der Waals surface area contributed by atoms with E-state index < -0.39 is 15.9 Å². The summed E-state index contributed by atoms with van der Waals surface area (Å²) in [6.45, 7) is 4.30. The van der Waals surface area contributed by atoms with Crippen molar-refractivity contribution >= 4 is 15.9 Å². The summed E-state index contributed by atoms with van der Waals surface area (Å²) in [7, 11) is -3.54. The van der Waals surface area contributed by atoms with Crippen LogP contribution in [-0.4, -0.2) is 53.0 Å². The fourth-order valence-corrected chi connectivity index (χ4v) is 2.87. The van der Waals surface area contributed by atoms with Gasteiger partial charge < -0.3 is 4.90 Å². The van der Waals surface area contributed by atoms with E-state index in [1.165, 1.54) is 4.90 Å². The van der Waals surface area contributed by atoms with Crippen LogP contribution in [0.5, 0.6) is 0 Å². The van der Waals surface area contributed by atoms with Crippen molar-refractivity contribution in [1.29, 1.82) is 0 Å². The van der Waals surface area contributed by atoms with Crippen LogP contribution in [0.4, 0.5) is 4.79 Å². The molecule has 0 aliphatic carbocycles. The van der Waals surface area contributed by atoms with E-state index in [-0.39, 0.29) is 17.5 Å². The Balaban J connectivity index is 2.85. The Morgan fingerprint density at radius 2 is 2.14 bits per heavy atom. The van der Waals surface area contributed by atoms with Crippen molar-refractivity contribution in [3.05, 3.63) is 6.33 Å². The molecule has 0 aromatic carbocycles. The minimum Gasteiger partial charge on any atom is -0.312 e. The van der Waals surface area contributed by atoms with E-state index in [4.69, 9.17) is 6.42 Å². The molecule has 0 radical (unpaired) electrons. The third-order valence-electron chi connectivity index (χ3n) is 2.90. The standard InChI is InChI=1S/C13H20N4O3S/c1-4-7-8-10-21(19,20)12-14-11-17(15-12)13(18)16(6-3)9-5-2/h2,11H,4,6-10H2,1,3H3. The Bertz CT molecular complexity index is 616. The predicted molar refractivity (Wildman–Crippen MR) is 78.5 cm³/mol. The quantitative estimate of drug-likeness (QED) is 0.557. The Labute approximate surface area is 125 Å². The molecule has 1 aromatic rings. The summed E-state index contributed by atoms with van der Waals surface area (Å²) in [5.74, 6) is 2.35. The molecule has 0 N–H and O–H groups in total. The summed E-state index contributed by atoms with van der Waals surface area (Å²) >= 11 is 0. The minimum atomic E-state index is -3.54. The molecular weight excluding hydrogens is 292 g/mol. The molecule has 0 aliphatic rings. The van der Waals surface area contributed by atoms with Crippen molar-refractivity contribution in [3.63, 3.8) is 0 Å². The maximum atomic E-state index is 12.1. The van der Waals surface area contributed by atoms with E-state index in [1.807, 2.05) is 6.92 Å². The number of unbranched alkanes of at least 4 members (excludes halogenated alkanes) is 2. The van der Waals surface area contributed by atoms with E-state index in [0.717, 1.165) is 23.9 Å². The van der Waals surface area contributed by atoms with Crippen LogP contribution in [0.3, 0.4) is 0 Å². The van der Waals surface area contributed by atoms with Crippen LogP contribution in [0.25, 0.3) is 0 Å². The molecule has 0 spiro atoms. The summed E-state index contributed by atoms with van der Waals surface area (Å²) in [5, 5.41) is 3.45. The highest BCUT2D eigenvalue weighted by molar-refractivity contribution is 7.91. The lowest BCUT2D eigenvalue weighted by molar-refractivity contribution is 0.204. The fourth-order valence-electron chi connectivity index (χ4n) is 1.69. The second kappa shape index (κ2) is 7.78. The van der Waals surface area contributed by atoms with Crippen molar-refractivity contribution in [1.82, 2.24) is 19.7 Å². The monoisotopic (exact) mass is 312 g/mol. The molecule has 0 saturated carbocycles. The van der Waals surface area contributed by atoms with Crippen LogP contribution in [0.1, 0.15) is 33.1 Å². The summed E-state index contributed by atoms with van der Waals surface area (Å²) < 4.78 is 24.9. The molecule has 1 heterocycles. The zero-order valence-corrected chi connectivity index (χ0v) is 13.1. The lowest BCUT2D eigenvalue weighted by Gasteiger charge is -2.16. The largest absolute Gasteiger partial charge is 0.346 e. The van der Waals surface area contributed by atoms with Gasteiger partial charge in [-0.2, -0.15) is 4.68 Å². The van der Waals surface area contributed by atoms with Crippen LogP contribution < -0.4 is 0 Å². The van der Waals surface area contributed by atoms with Gasteiger partial charge in [0.1, 0.15) is 6.33 Å². The number of carbonyl (C=O) groups excluding carboxylic acids is 1. The van der Waals surface area contributed by atoms with Crippen molar-refractivity contribution in [2.24, 2.45) is 0 Å². The van der Waals surface area contributed by atoms with Gasteiger partial charge in [0.25, 0.3) is 5.16 Å². The average Bonchev–Trinajstić information content (AvgIpc) is 2.95. The Morgan fingerprint density at radius 3 is 2.71 bits per heavy atom. The van der Waals surface area contributed by atoms with E-state index >= 15 is 0 Å². The molecule has 116 valence electrons. The molecule has 0 atom stereocenters. The van der Waals surface area contributed by atoms with E-state index in [2.05, 4.69) is 16.0 Å². The number of hydrogen-bond acceptors (Lipinski definition) is 5. The number of hydrogen-bond donors (Lipinski definition) is 0. The van der Waals surface area contributed by atoms with E-state index in [1.54, 1.807) is 6.92 Å². The summed E-state index contributed by atoms with van der Waals surface area (Å²) in [4.78, 5) is 17.2. The average molecular weight is 312 g/mol. The number of rotatable bonds is 7. The summed E-state index contributed by atoms with van der Waals surface area (Å²) in [6, 6.07) is -0.488. The number of nitrogens with zero attached hydrogens (tertiary/aromatic N) is 4. The normalized spacial score (nSPS) is 11.1. The Morgan fingerprint density at radius 1 is 1.43 bits per heavy atom. The zero-order chi connectivity index (χ0) is 15.9. The third-order valence-corrected chi connectivity index (χ3v) is 4.47. The first-order valence-corrected chi connectivity index (χ1v) is 8.48. The highest BCUT2D eigenvalue weighted by Gasteiger charge is 2.22. The van der Waals surface area contributed by atoms with Gasteiger partial charge in [-0.1, -0.05) is 25.7 Å². The molecule has 7 nitrogen and oxygen atoms in total. The molecule has 1 aromatic heterocycles. The molecule has 0 unspecified atom stereocenters. The van der Waals surface area contributed by atoms with Crippen molar-refractivity contribution in [2.45, 2.75) is 38.3 Å². The van der Waals surface area contributed by atoms with Gasteiger partial charge in [-0.25, -0.2) is 18.2 Å². The SMILES string of the molecule is C#CCN(CC)C(=O)n1cnc(S(=O)(=O)CCCCC)n1. The van der Waals surface area contributed by atoms with Gasteiger partial charge in [0, 0.05) is 6.54 Å². The molecule has 0 saturated heterocycles. The molecule has 21 heavy (non-hydrogen) atoms. The van der Waals surface area contributed by atoms with Crippen LogP contribution >= 0.6 is 0 Å². The number of carbonyl (C=O) groups is 1. The molecule has 8 heteroatoms. The van der Waals surface area contributed by atoms with Gasteiger partial charge in [-0.15, -0.1) is 11.5 Å². The maximum Gasteiger partial charge on any atom is 0.346 e. The first kappa shape index (κ1) is 17.2. The topological polar surface area (TPSA) is 85.2 Å². The Kier molecular flexibility index (Phi) is 6.37. The van der Waals surface area contributed by atoms with Crippen molar-refractivity contribution in [3.8, 4) is 12.3 Å². The lowest BCUT2D eigenvalue weighted by atomic mass is 10.3. The van der Waals surface area contributed by atoms with E-state index in [0.29, 0.717) is 13.0 Å². The van der Waals surface area contributed by atoms with Crippen molar-refractivity contribution < 1.29 is 13.2 Å². The number of aromatic nitrogens is 3. The molecule has 0 bridgehead atoms. The first-order chi connectivity index (χ1) is 9.96.